The minimum absolute atomic E-state index is 0.114. The van der Waals surface area contributed by atoms with Gasteiger partial charge in [0.2, 0.25) is 0 Å². The highest BCUT2D eigenvalue weighted by molar-refractivity contribution is 14.1. The van der Waals surface area contributed by atoms with E-state index in [9.17, 15) is 4.79 Å². The zero-order valence-corrected chi connectivity index (χ0v) is 9.15. The molecular weight excluding hydrogens is 281 g/mol. The van der Waals surface area contributed by atoms with Crippen molar-refractivity contribution < 1.29 is 9.63 Å². The molecule has 1 aromatic carbocycles. The van der Waals surface area contributed by atoms with Crippen LogP contribution in [-0.2, 0) is 16.2 Å². The van der Waals surface area contributed by atoms with Crippen LogP contribution in [0.25, 0.3) is 0 Å². The van der Waals surface area contributed by atoms with E-state index in [4.69, 9.17) is 4.84 Å². The van der Waals surface area contributed by atoms with E-state index < -0.39 is 0 Å². The monoisotopic (exact) mass is 291 g/mol. The Kier molecular flexibility index (Phi) is 4.77. The van der Waals surface area contributed by atoms with Crippen molar-refractivity contribution in [3.8, 4) is 0 Å². The first-order valence-corrected chi connectivity index (χ1v) is 5.36. The molecule has 1 aromatic rings. The molecule has 0 fully saturated rings. The number of alkyl halides is 1. The minimum Gasteiger partial charge on any atom is -0.272 e. The molecule has 4 heteroatoms. The Hall–Kier alpha value is -0.620. The predicted molar refractivity (Wildman–Crippen MR) is 58.3 cm³/mol. The fourth-order valence-corrected chi connectivity index (χ4v) is 0.957. The number of benzene rings is 1. The van der Waals surface area contributed by atoms with E-state index in [0.29, 0.717) is 11.0 Å². The van der Waals surface area contributed by atoms with Crippen molar-refractivity contribution in [3.63, 3.8) is 0 Å². The van der Waals surface area contributed by atoms with Crippen LogP contribution in [0, 0.1) is 0 Å². The molecule has 70 valence electrons. The van der Waals surface area contributed by atoms with Crippen LogP contribution < -0.4 is 5.48 Å². The fourth-order valence-electron chi connectivity index (χ4n) is 0.801. The number of rotatable bonds is 4. The third kappa shape index (κ3) is 4.23. The number of hydrogen-bond donors (Lipinski definition) is 1. The number of amides is 1. The Bertz CT molecular complexity index is 264. The second-order valence-electron chi connectivity index (χ2n) is 2.43. The van der Waals surface area contributed by atoms with Crippen LogP contribution in [0.1, 0.15) is 5.56 Å². The molecule has 3 nitrogen and oxygen atoms in total. The Morgan fingerprint density at radius 1 is 1.38 bits per heavy atom. The van der Waals surface area contributed by atoms with Gasteiger partial charge in [0.05, 0.1) is 11.0 Å². The average molecular weight is 291 g/mol. The van der Waals surface area contributed by atoms with Crippen molar-refractivity contribution in [1.29, 1.82) is 0 Å². The zero-order chi connectivity index (χ0) is 9.52. The maximum absolute atomic E-state index is 10.8. The van der Waals surface area contributed by atoms with Crippen LogP contribution in [0.4, 0.5) is 0 Å². The highest BCUT2D eigenvalue weighted by Gasteiger charge is 1.96. The molecule has 0 heterocycles. The van der Waals surface area contributed by atoms with Gasteiger partial charge in [0, 0.05) is 0 Å². The summed E-state index contributed by atoms with van der Waals surface area (Å²) in [4.78, 5) is 15.7. The number of hydrogen-bond acceptors (Lipinski definition) is 2. The molecule has 0 aliphatic rings. The van der Waals surface area contributed by atoms with E-state index >= 15 is 0 Å². The van der Waals surface area contributed by atoms with Crippen LogP contribution in [0.5, 0.6) is 0 Å². The molecule has 0 spiro atoms. The van der Waals surface area contributed by atoms with Crippen molar-refractivity contribution >= 4 is 28.5 Å². The lowest BCUT2D eigenvalue weighted by molar-refractivity contribution is -0.131. The summed E-state index contributed by atoms with van der Waals surface area (Å²) in [5.74, 6) is -0.114. The lowest BCUT2D eigenvalue weighted by Gasteiger charge is -2.03. The number of carbonyl (C=O) groups excluding carboxylic acids is 1. The van der Waals surface area contributed by atoms with Gasteiger partial charge in [-0.1, -0.05) is 52.9 Å². The van der Waals surface area contributed by atoms with Gasteiger partial charge in [-0.3, -0.25) is 9.63 Å². The minimum atomic E-state index is -0.114. The molecule has 0 saturated heterocycles. The summed E-state index contributed by atoms with van der Waals surface area (Å²) in [7, 11) is 0. The average Bonchev–Trinajstić information content (AvgIpc) is 2.19. The molecule has 0 radical (unpaired) electrons. The Labute approximate surface area is 90.6 Å². The van der Waals surface area contributed by atoms with E-state index in [1.54, 1.807) is 0 Å². The number of nitrogens with one attached hydrogen (secondary N) is 1. The van der Waals surface area contributed by atoms with Crippen molar-refractivity contribution in [3.05, 3.63) is 35.9 Å². The van der Waals surface area contributed by atoms with E-state index in [1.165, 1.54) is 0 Å². The fraction of sp³-hybridized carbons (Fsp3) is 0.222. The summed E-state index contributed by atoms with van der Waals surface area (Å²) in [6, 6.07) is 9.68. The van der Waals surface area contributed by atoms with Crippen LogP contribution in [0.15, 0.2) is 30.3 Å². The summed E-state index contributed by atoms with van der Waals surface area (Å²) in [6.45, 7) is 0.406. The largest absolute Gasteiger partial charge is 0.272 e. The maximum Gasteiger partial charge on any atom is 0.253 e. The first-order chi connectivity index (χ1) is 6.33. The lowest BCUT2D eigenvalue weighted by atomic mass is 10.2. The lowest BCUT2D eigenvalue weighted by Crippen LogP contribution is -2.24. The normalized spacial score (nSPS) is 9.62. The second-order valence-corrected chi connectivity index (χ2v) is 3.20. The Balaban J connectivity index is 2.24. The third-order valence-electron chi connectivity index (χ3n) is 1.39. The Morgan fingerprint density at radius 2 is 2.08 bits per heavy atom. The van der Waals surface area contributed by atoms with Crippen LogP contribution in [-0.4, -0.2) is 10.3 Å². The molecule has 0 unspecified atom stereocenters. The molecule has 0 saturated carbocycles. The molecule has 13 heavy (non-hydrogen) atoms. The van der Waals surface area contributed by atoms with Gasteiger partial charge in [0.1, 0.15) is 0 Å². The summed E-state index contributed by atoms with van der Waals surface area (Å²) < 4.78 is 0.409. The molecule has 1 N–H and O–H groups in total. The number of halogens is 1. The van der Waals surface area contributed by atoms with Gasteiger partial charge in [-0.15, -0.1) is 0 Å². The second kappa shape index (κ2) is 5.93. The molecule has 0 bridgehead atoms. The van der Waals surface area contributed by atoms with Gasteiger partial charge in [-0.05, 0) is 5.56 Å². The molecule has 1 rings (SSSR count). The first kappa shape index (κ1) is 10.5. The predicted octanol–water partition coefficient (Wildman–Crippen LogP) is 1.67. The summed E-state index contributed by atoms with van der Waals surface area (Å²) in [6.07, 6.45) is 0. The van der Waals surface area contributed by atoms with Gasteiger partial charge in [0.25, 0.3) is 5.91 Å². The number of carbonyl (C=O) groups is 1. The molecule has 0 aliphatic carbocycles. The van der Waals surface area contributed by atoms with Gasteiger partial charge in [-0.2, -0.15) is 0 Å². The van der Waals surface area contributed by atoms with Gasteiger partial charge >= 0.3 is 0 Å². The van der Waals surface area contributed by atoms with Crippen LogP contribution in [0.3, 0.4) is 0 Å². The molecule has 0 atom stereocenters. The quantitative estimate of drug-likeness (QED) is 0.520. The summed E-state index contributed by atoms with van der Waals surface area (Å²) in [5.41, 5.74) is 3.37. The Morgan fingerprint density at radius 3 is 2.69 bits per heavy atom. The van der Waals surface area contributed by atoms with Crippen LogP contribution in [0.2, 0.25) is 0 Å². The van der Waals surface area contributed by atoms with E-state index in [2.05, 4.69) is 5.48 Å². The highest BCUT2D eigenvalue weighted by atomic mass is 127. The smallest absolute Gasteiger partial charge is 0.253 e. The standard InChI is InChI=1S/C9H10INO2/c10-6-9(12)11-13-7-8-4-2-1-3-5-8/h1-5H,6-7H2,(H,11,12). The van der Waals surface area contributed by atoms with Crippen molar-refractivity contribution in [2.75, 3.05) is 4.43 Å². The van der Waals surface area contributed by atoms with Crippen molar-refractivity contribution in [2.45, 2.75) is 6.61 Å². The first-order valence-electron chi connectivity index (χ1n) is 3.83. The highest BCUT2D eigenvalue weighted by Crippen LogP contribution is 1.98. The van der Waals surface area contributed by atoms with Crippen molar-refractivity contribution in [1.82, 2.24) is 5.48 Å². The zero-order valence-electron chi connectivity index (χ0n) is 7.00. The van der Waals surface area contributed by atoms with Gasteiger partial charge in [0.15, 0.2) is 0 Å². The number of hydroxylamine groups is 1. The molecule has 0 aromatic heterocycles. The maximum atomic E-state index is 10.8. The van der Waals surface area contributed by atoms with Gasteiger partial charge in [-0.25, -0.2) is 5.48 Å². The molecule has 1 amide bonds. The third-order valence-corrected chi connectivity index (χ3v) is 2.08. The van der Waals surface area contributed by atoms with E-state index in [1.807, 2.05) is 52.9 Å². The summed E-state index contributed by atoms with van der Waals surface area (Å²) in [5, 5.41) is 0. The van der Waals surface area contributed by atoms with Crippen molar-refractivity contribution in [2.24, 2.45) is 0 Å². The van der Waals surface area contributed by atoms with Gasteiger partial charge < -0.3 is 0 Å². The van der Waals surface area contributed by atoms with E-state index in [0.717, 1.165) is 5.56 Å². The molecular formula is C9H10INO2. The SMILES string of the molecule is O=C(CI)NOCc1ccccc1. The van der Waals surface area contributed by atoms with Crippen LogP contribution >= 0.6 is 22.6 Å². The summed E-state index contributed by atoms with van der Waals surface area (Å²) >= 11 is 1.98. The molecule has 0 aliphatic heterocycles. The van der Waals surface area contributed by atoms with E-state index in [-0.39, 0.29) is 5.91 Å². The topological polar surface area (TPSA) is 38.3 Å².